The number of imidazole rings is 1. The molecule has 2 aromatic carbocycles. The third kappa shape index (κ3) is 3.65. The van der Waals surface area contributed by atoms with E-state index < -0.39 is 15.4 Å². The van der Waals surface area contributed by atoms with Crippen molar-refractivity contribution in [3.05, 3.63) is 60.2 Å². The average Bonchev–Trinajstić information content (AvgIpc) is 3.16. The van der Waals surface area contributed by atoms with Gasteiger partial charge in [-0.25, -0.2) is 17.7 Å². The molecule has 8 heteroatoms. The molecular weight excluding hydrogens is 388 g/mol. The van der Waals surface area contributed by atoms with Gasteiger partial charge in [-0.05, 0) is 37.5 Å². The number of hydrogen-bond donors (Lipinski definition) is 2. The van der Waals surface area contributed by atoms with E-state index in [1.165, 1.54) is 4.31 Å². The Hall–Kier alpha value is -2.71. The standard InChI is InChI=1S/C21H24N4O3S/c1-2-29(27,28)25-14-12-21(13-15-25,16-8-4-3-5-9-16)19(26)24-20-22-17-10-6-7-11-18(17)23-20/h3-11H,2,12-15H2,1H3,(H2,22,23,24,26). The molecule has 1 saturated heterocycles. The molecule has 4 rings (SSSR count). The van der Waals surface area contributed by atoms with Crippen molar-refractivity contribution in [2.24, 2.45) is 0 Å². The lowest BCUT2D eigenvalue weighted by Crippen LogP contribution is -2.51. The topological polar surface area (TPSA) is 95.2 Å². The lowest BCUT2D eigenvalue weighted by atomic mass is 9.72. The van der Waals surface area contributed by atoms with Crippen LogP contribution < -0.4 is 5.32 Å². The molecule has 1 amide bonds. The van der Waals surface area contributed by atoms with Gasteiger partial charge >= 0.3 is 0 Å². The molecular formula is C21H24N4O3S. The number of aromatic nitrogens is 2. The highest BCUT2D eigenvalue weighted by Crippen LogP contribution is 2.37. The van der Waals surface area contributed by atoms with Crippen LogP contribution in [-0.2, 0) is 20.2 Å². The van der Waals surface area contributed by atoms with E-state index in [2.05, 4.69) is 15.3 Å². The molecule has 0 spiro atoms. The third-order valence-corrected chi connectivity index (χ3v) is 7.60. The highest BCUT2D eigenvalue weighted by atomic mass is 32.2. The highest BCUT2D eigenvalue weighted by molar-refractivity contribution is 7.89. The molecule has 2 heterocycles. The molecule has 1 aliphatic heterocycles. The maximum atomic E-state index is 13.5. The predicted molar refractivity (Wildman–Crippen MR) is 113 cm³/mol. The van der Waals surface area contributed by atoms with Gasteiger partial charge in [-0.15, -0.1) is 0 Å². The number of amides is 1. The normalized spacial score (nSPS) is 17.3. The maximum absolute atomic E-state index is 13.5. The van der Waals surface area contributed by atoms with Crippen molar-refractivity contribution >= 4 is 32.9 Å². The van der Waals surface area contributed by atoms with E-state index in [4.69, 9.17) is 0 Å². The minimum absolute atomic E-state index is 0.0660. The van der Waals surface area contributed by atoms with Crippen LogP contribution in [0.15, 0.2) is 54.6 Å². The lowest BCUT2D eigenvalue weighted by Gasteiger charge is -2.40. The van der Waals surface area contributed by atoms with Crippen LogP contribution in [0.3, 0.4) is 0 Å². The van der Waals surface area contributed by atoms with Crippen LogP contribution in [0.2, 0.25) is 0 Å². The van der Waals surface area contributed by atoms with Gasteiger partial charge in [0.1, 0.15) is 0 Å². The Morgan fingerprint density at radius 3 is 2.41 bits per heavy atom. The van der Waals surface area contributed by atoms with E-state index >= 15 is 0 Å². The Kier molecular flexibility index (Phi) is 5.14. The molecule has 7 nitrogen and oxygen atoms in total. The Morgan fingerprint density at radius 2 is 1.76 bits per heavy atom. The molecule has 152 valence electrons. The molecule has 0 unspecified atom stereocenters. The first-order valence-electron chi connectivity index (χ1n) is 9.74. The first kappa shape index (κ1) is 19.6. The number of rotatable bonds is 5. The minimum Gasteiger partial charge on any atom is -0.324 e. The van der Waals surface area contributed by atoms with Crippen molar-refractivity contribution in [2.45, 2.75) is 25.2 Å². The van der Waals surface area contributed by atoms with Crippen molar-refractivity contribution in [3.63, 3.8) is 0 Å². The van der Waals surface area contributed by atoms with Crippen LogP contribution in [0.4, 0.5) is 5.95 Å². The number of carbonyl (C=O) groups is 1. The van der Waals surface area contributed by atoms with Gasteiger partial charge in [0.2, 0.25) is 21.9 Å². The van der Waals surface area contributed by atoms with E-state index in [0.29, 0.717) is 31.9 Å². The van der Waals surface area contributed by atoms with Gasteiger partial charge in [-0.2, -0.15) is 0 Å². The van der Waals surface area contributed by atoms with E-state index in [9.17, 15) is 13.2 Å². The summed E-state index contributed by atoms with van der Waals surface area (Å²) in [6, 6.07) is 17.2. The Morgan fingerprint density at radius 1 is 1.10 bits per heavy atom. The number of nitrogens with one attached hydrogen (secondary N) is 2. The quantitative estimate of drug-likeness (QED) is 0.674. The Bertz CT molecular complexity index is 1080. The fraction of sp³-hybridized carbons (Fsp3) is 0.333. The summed E-state index contributed by atoms with van der Waals surface area (Å²) in [6.45, 7) is 2.28. The Labute approximate surface area is 170 Å². The fourth-order valence-corrected chi connectivity index (χ4v) is 5.08. The highest BCUT2D eigenvalue weighted by Gasteiger charge is 2.44. The summed E-state index contributed by atoms with van der Waals surface area (Å²) in [6.07, 6.45) is 0.838. The number of fused-ring (bicyclic) bond motifs is 1. The van der Waals surface area contributed by atoms with Crippen molar-refractivity contribution in [3.8, 4) is 0 Å². The molecule has 0 radical (unpaired) electrons. The van der Waals surface area contributed by atoms with Gasteiger partial charge in [-0.1, -0.05) is 42.5 Å². The van der Waals surface area contributed by atoms with Crippen LogP contribution in [0.25, 0.3) is 11.0 Å². The zero-order valence-corrected chi connectivity index (χ0v) is 17.1. The second-order valence-electron chi connectivity index (χ2n) is 7.30. The summed E-state index contributed by atoms with van der Waals surface area (Å²) in [7, 11) is -3.27. The van der Waals surface area contributed by atoms with Gasteiger partial charge in [0.15, 0.2) is 0 Å². The largest absolute Gasteiger partial charge is 0.324 e. The number of para-hydroxylation sites is 2. The van der Waals surface area contributed by atoms with Crippen molar-refractivity contribution in [1.82, 2.24) is 14.3 Å². The number of H-pyrrole nitrogens is 1. The van der Waals surface area contributed by atoms with Crippen LogP contribution in [0.5, 0.6) is 0 Å². The molecule has 0 aliphatic carbocycles. The first-order chi connectivity index (χ1) is 13.9. The lowest BCUT2D eigenvalue weighted by molar-refractivity contribution is -0.123. The van der Waals surface area contributed by atoms with Crippen molar-refractivity contribution in [2.75, 3.05) is 24.2 Å². The summed E-state index contributed by atoms with van der Waals surface area (Å²) in [5.41, 5.74) is 1.71. The number of anilines is 1. The third-order valence-electron chi connectivity index (χ3n) is 5.72. The van der Waals surface area contributed by atoms with Crippen LogP contribution in [0, 0.1) is 0 Å². The molecule has 3 aromatic rings. The average molecular weight is 413 g/mol. The van der Waals surface area contributed by atoms with Gasteiger partial charge in [0, 0.05) is 13.1 Å². The summed E-state index contributed by atoms with van der Waals surface area (Å²) < 4.78 is 26.0. The van der Waals surface area contributed by atoms with Crippen molar-refractivity contribution < 1.29 is 13.2 Å². The van der Waals surface area contributed by atoms with E-state index in [-0.39, 0.29) is 11.7 Å². The van der Waals surface area contributed by atoms with Gasteiger partial charge in [0.05, 0.1) is 22.2 Å². The number of piperidine rings is 1. The summed E-state index contributed by atoms with van der Waals surface area (Å²) >= 11 is 0. The molecule has 1 aliphatic rings. The number of sulfonamides is 1. The van der Waals surface area contributed by atoms with Crippen LogP contribution >= 0.6 is 0 Å². The van der Waals surface area contributed by atoms with Gasteiger partial charge in [0.25, 0.3) is 0 Å². The summed E-state index contributed by atoms with van der Waals surface area (Å²) in [5.74, 6) is 0.294. The van der Waals surface area contributed by atoms with Crippen LogP contribution in [-0.4, -0.2) is 47.4 Å². The number of benzene rings is 2. The molecule has 0 saturated carbocycles. The molecule has 2 N–H and O–H groups in total. The monoisotopic (exact) mass is 412 g/mol. The summed E-state index contributed by atoms with van der Waals surface area (Å²) in [4.78, 5) is 21.0. The van der Waals surface area contributed by atoms with Crippen LogP contribution in [0.1, 0.15) is 25.3 Å². The van der Waals surface area contributed by atoms with Crippen molar-refractivity contribution in [1.29, 1.82) is 0 Å². The smallest absolute Gasteiger partial charge is 0.237 e. The zero-order valence-electron chi connectivity index (χ0n) is 16.3. The number of carbonyl (C=O) groups excluding carboxylic acids is 1. The number of nitrogens with zero attached hydrogens (tertiary/aromatic N) is 2. The van der Waals surface area contributed by atoms with E-state index in [1.54, 1.807) is 6.92 Å². The zero-order chi connectivity index (χ0) is 20.5. The molecule has 0 bridgehead atoms. The predicted octanol–water partition coefficient (Wildman–Crippen LogP) is 2.88. The summed E-state index contributed by atoms with van der Waals surface area (Å²) in [5, 5.41) is 2.93. The second-order valence-corrected chi connectivity index (χ2v) is 9.56. The van der Waals surface area contributed by atoms with E-state index in [0.717, 1.165) is 16.6 Å². The van der Waals surface area contributed by atoms with Gasteiger partial charge in [-0.3, -0.25) is 10.1 Å². The maximum Gasteiger partial charge on any atom is 0.237 e. The molecule has 1 fully saturated rings. The Balaban J connectivity index is 1.63. The second kappa shape index (κ2) is 7.61. The SMILES string of the molecule is CCS(=O)(=O)N1CCC(C(=O)Nc2nc3ccccc3[nH]2)(c2ccccc2)CC1. The fourth-order valence-electron chi connectivity index (χ4n) is 3.97. The first-order valence-corrected chi connectivity index (χ1v) is 11.3. The van der Waals surface area contributed by atoms with E-state index in [1.807, 2.05) is 54.6 Å². The molecule has 1 aromatic heterocycles. The molecule has 29 heavy (non-hydrogen) atoms. The molecule has 0 atom stereocenters. The number of hydrogen-bond acceptors (Lipinski definition) is 4. The number of aromatic amines is 1. The van der Waals surface area contributed by atoms with Gasteiger partial charge < -0.3 is 4.98 Å². The minimum atomic E-state index is -3.27.